The van der Waals surface area contributed by atoms with Crippen LogP contribution < -0.4 is 9.46 Å². The number of benzene rings is 1. The largest absolute Gasteiger partial charge is 0.497 e. The standard InChI is InChI=1S/C14H15FN2O3S/c1-20-12-5-2-4-11(10-12)7-9-17-21(18,19)14-13(15)6-3-8-16-14/h2-6,8,10,17H,7,9H2,1H3. The number of aromatic nitrogens is 1. The molecule has 0 atom stereocenters. The Balaban J connectivity index is 2.01. The van der Waals surface area contributed by atoms with Gasteiger partial charge < -0.3 is 4.74 Å². The summed E-state index contributed by atoms with van der Waals surface area (Å²) in [5, 5.41) is -0.587. The maximum absolute atomic E-state index is 13.4. The first-order valence-electron chi connectivity index (χ1n) is 6.26. The van der Waals surface area contributed by atoms with E-state index in [9.17, 15) is 12.8 Å². The van der Waals surface area contributed by atoms with E-state index in [2.05, 4.69) is 9.71 Å². The molecule has 0 aliphatic rings. The molecule has 0 spiro atoms. The number of sulfonamides is 1. The number of pyridine rings is 1. The molecule has 1 heterocycles. The summed E-state index contributed by atoms with van der Waals surface area (Å²) in [5.41, 5.74) is 0.915. The first kappa shape index (κ1) is 15.4. The van der Waals surface area contributed by atoms with Crippen molar-refractivity contribution in [3.8, 4) is 5.75 Å². The number of rotatable bonds is 6. The monoisotopic (exact) mass is 310 g/mol. The van der Waals surface area contributed by atoms with Crippen molar-refractivity contribution >= 4 is 10.0 Å². The van der Waals surface area contributed by atoms with E-state index in [0.29, 0.717) is 12.2 Å². The predicted molar refractivity (Wildman–Crippen MR) is 76.1 cm³/mol. The number of nitrogens with zero attached hydrogens (tertiary/aromatic N) is 1. The third-order valence-corrected chi connectivity index (χ3v) is 4.21. The van der Waals surface area contributed by atoms with Crippen molar-refractivity contribution in [1.82, 2.24) is 9.71 Å². The van der Waals surface area contributed by atoms with E-state index in [-0.39, 0.29) is 6.54 Å². The fourth-order valence-electron chi connectivity index (χ4n) is 1.80. The minimum Gasteiger partial charge on any atom is -0.497 e. The molecule has 7 heteroatoms. The van der Waals surface area contributed by atoms with Crippen LogP contribution in [0.3, 0.4) is 0 Å². The van der Waals surface area contributed by atoms with E-state index < -0.39 is 20.9 Å². The van der Waals surface area contributed by atoms with Gasteiger partial charge in [0.05, 0.1) is 7.11 Å². The van der Waals surface area contributed by atoms with Crippen LogP contribution in [0.5, 0.6) is 5.75 Å². The highest BCUT2D eigenvalue weighted by molar-refractivity contribution is 7.89. The molecule has 2 rings (SSSR count). The Morgan fingerprint density at radius 1 is 1.29 bits per heavy atom. The number of hydrogen-bond acceptors (Lipinski definition) is 4. The minimum absolute atomic E-state index is 0.144. The molecule has 112 valence electrons. The third-order valence-electron chi connectivity index (χ3n) is 2.82. The van der Waals surface area contributed by atoms with E-state index in [1.54, 1.807) is 13.2 Å². The number of methoxy groups -OCH3 is 1. The first-order chi connectivity index (χ1) is 10.0. The van der Waals surface area contributed by atoms with Crippen LogP contribution >= 0.6 is 0 Å². The SMILES string of the molecule is COc1cccc(CCNS(=O)(=O)c2ncccc2F)c1. The fraction of sp³-hybridized carbons (Fsp3) is 0.214. The number of nitrogens with one attached hydrogen (secondary N) is 1. The molecule has 1 aromatic heterocycles. The Bertz CT molecular complexity index is 720. The molecule has 0 bridgehead atoms. The molecule has 5 nitrogen and oxygen atoms in total. The lowest BCUT2D eigenvalue weighted by Crippen LogP contribution is -2.27. The van der Waals surface area contributed by atoms with Crippen molar-refractivity contribution in [2.24, 2.45) is 0 Å². The zero-order valence-electron chi connectivity index (χ0n) is 11.4. The summed E-state index contributed by atoms with van der Waals surface area (Å²) in [7, 11) is -2.38. The van der Waals surface area contributed by atoms with Crippen LogP contribution in [0.4, 0.5) is 4.39 Å². The van der Waals surface area contributed by atoms with Gasteiger partial charge in [-0.1, -0.05) is 12.1 Å². The van der Waals surface area contributed by atoms with E-state index in [4.69, 9.17) is 4.74 Å². The van der Waals surface area contributed by atoms with Crippen LogP contribution in [0.15, 0.2) is 47.6 Å². The van der Waals surface area contributed by atoms with Gasteiger partial charge in [0.2, 0.25) is 5.03 Å². The van der Waals surface area contributed by atoms with Crippen molar-refractivity contribution in [2.45, 2.75) is 11.4 Å². The highest BCUT2D eigenvalue weighted by atomic mass is 32.2. The summed E-state index contributed by atoms with van der Waals surface area (Å²) < 4.78 is 44.7. The van der Waals surface area contributed by atoms with Gasteiger partial charge in [0.1, 0.15) is 5.75 Å². The van der Waals surface area contributed by atoms with Crippen molar-refractivity contribution in [1.29, 1.82) is 0 Å². The van der Waals surface area contributed by atoms with Crippen molar-refractivity contribution < 1.29 is 17.5 Å². The molecule has 21 heavy (non-hydrogen) atoms. The molecule has 0 aliphatic heterocycles. The fourth-order valence-corrected chi connectivity index (χ4v) is 2.83. The van der Waals surface area contributed by atoms with Gasteiger partial charge in [-0.05, 0) is 36.2 Å². The van der Waals surface area contributed by atoms with Crippen LogP contribution in [-0.2, 0) is 16.4 Å². The Morgan fingerprint density at radius 3 is 2.81 bits per heavy atom. The van der Waals surface area contributed by atoms with E-state index in [1.165, 1.54) is 12.3 Å². The quantitative estimate of drug-likeness (QED) is 0.882. The van der Waals surface area contributed by atoms with Crippen LogP contribution in [-0.4, -0.2) is 27.1 Å². The highest BCUT2D eigenvalue weighted by Gasteiger charge is 2.19. The summed E-state index contributed by atoms with van der Waals surface area (Å²) in [5.74, 6) is -0.169. The van der Waals surface area contributed by atoms with Gasteiger partial charge in [0, 0.05) is 12.7 Å². The summed E-state index contributed by atoms with van der Waals surface area (Å²) in [4.78, 5) is 3.56. The summed E-state index contributed by atoms with van der Waals surface area (Å²) in [6.45, 7) is 0.144. The molecule has 2 aromatic rings. The topological polar surface area (TPSA) is 68.3 Å². The molecule has 0 saturated carbocycles. The second-order valence-corrected chi connectivity index (χ2v) is 5.97. The molecular formula is C14H15FN2O3S. The zero-order chi connectivity index (χ0) is 15.3. The Morgan fingerprint density at radius 2 is 2.10 bits per heavy atom. The normalized spacial score (nSPS) is 11.3. The average molecular weight is 310 g/mol. The Labute approximate surface area is 122 Å². The van der Waals surface area contributed by atoms with Gasteiger partial charge in [-0.15, -0.1) is 0 Å². The van der Waals surface area contributed by atoms with Gasteiger partial charge in [-0.3, -0.25) is 0 Å². The van der Waals surface area contributed by atoms with E-state index >= 15 is 0 Å². The summed E-state index contributed by atoms with van der Waals surface area (Å²) in [6.07, 6.45) is 1.70. The molecule has 0 aliphatic carbocycles. The molecule has 0 amide bonds. The highest BCUT2D eigenvalue weighted by Crippen LogP contribution is 2.13. The van der Waals surface area contributed by atoms with Crippen LogP contribution in [0.25, 0.3) is 0 Å². The lowest BCUT2D eigenvalue weighted by Gasteiger charge is -2.07. The summed E-state index contributed by atoms with van der Waals surface area (Å²) >= 11 is 0. The molecule has 1 N–H and O–H groups in total. The first-order valence-corrected chi connectivity index (χ1v) is 7.74. The van der Waals surface area contributed by atoms with Gasteiger partial charge in [0.15, 0.2) is 5.82 Å². The second kappa shape index (κ2) is 6.64. The average Bonchev–Trinajstić information content (AvgIpc) is 2.47. The zero-order valence-corrected chi connectivity index (χ0v) is 12.2. The lowest BCUT2D eigenvalue weighted by molar-refractivity contribution is 0.414. The molecular weight excluding hydrogens is 295 g/mol. The number of ether oxygens (including phenoxy) is 1. The molecule has 0 saturated heterocycles. The van der Waals surface area contributed by atoms with Crippen molar-refractivity contribution in [2.75, 3.05) is 13.7 Å². The van der Waals surface area contributed by atoms with Gasteiger partial charge >= 0.3 is 0 Å². The molecule has 0 radical (unpaired) electrons. The van der Waals surface area contributed by atoms with Crippen molar-refractivity contribution in [3.05, 3.63) is 54.0 Å². The lowest BCUT2D eigenvalue weighted by atomic mass is 10.1. The molecule has 0 fully saturated rings. The number of hydrogen-bond donors (Lipinski definition) is 1. The Kier molecular flexibility index (Phi) is 4.87. The summed E-state index contributed by atoms with van der Waals surface area (Å²) in [6, 6.07) is 9.69. The molecule has 0 unspecified atom stereocenters. The van der Waals surface area contributed by atoms with Crippen LogP contribution in [0.2, 0.25) is 0 Å². The van der Waals surface area contributed by atoms with Crippen LogP contribution in [0.1, 0.15) is 5.56 Å². The molecule has 1 aromatic carbocycles. The van der Waals surface area contributed by atoms with Crippen LogP contribution in [0, 0.1) is 5.82 Å². The van der Waals surface area contributed by atoms with Gasteiger partial charge in [0.25, 0.3) is 10.0 Å². The van der Waals surface area contributed by atoms with Gasteiger partial charge in [-0.25, -0.2) is 22.5 Å². The van der Waals surface area contributed by atoms with Gasteiger partial charge in [-0.2, -0.15) is 0 Å². The minimum atomic E-state index is -3.94. The third kappa shape index (κ3) is 3.99. The van der Waals surface area contributed by atoms with Crippen molar-refractivity contribution in [3.63, 3.8) is 0 Å². The smallest absolute Gasteiger partial charge is 0.261 e. The Hall–Kier alpha value is -1.99. The van der Waals surface area contributed by atoms with E-state index in [0.717, 1.165) is 11.6 Å². The van der Waals surface area contributed by atoms with E-state index in [1.807, 2.05) is 18.2 Å². The maximum Gasteiger partial charge on any atom is 0.261 e. The maximum atomic E-state index is 13.4. The number of halogens is 1. The predicted octanol–water partition coefficient (Wildman–Crippen LogP) is 1.75. The second-order valence-electron chi connectivity index (χ2n) is 4.29.